The lowest BCUT2D eigenvalue weighted by Gasteiger charge is -2.28. The van der Waals surface area contributed by atoms with Gasteiger partial charge in [-0.05, 0) is 0 Å². The Hall–Kier alpha value is -0.890. The van der Waals surface area contributed by atoms with E-state index in [1.807, 2.05) is 0 Å². The highest BCUT2D eigenvalue weighted by Gasteiger charge is 2.19. The quantitative estimate of drug-likeness (QED) is 0.608. The molecule has 0 bridgehead atoms. The third-order valence-corrected chi connectivity index (χ3v) is 2.92. The van der Waals surface area contributed by atoms with Crippen LogP contribution in [-0.2, 0) is 19.1 Å². The second-order valence-electron chi connectivity index (χ2n) is 4.41. The largest absolute Gasteiger partial charge is 0.383 e. The Labute approximate surface area is 126 Å². The maximum absolute atomic E-state index is 11.9. The van der Waals surface area contributed by atoms with Gasteiger partial charge in [-0.1, -0.05) is 0 Å². The molecule has 1 fully saturated rings. The molecule has 1 rings (SSSR count). The Morgan fingerprint density at radius 1 is 1.35 bits per heavy atom. The van der Waals surface area contributed by atoms with Crippen LogP contribution in [-0.4, -0.2) is 88.3 Å². The monoisotopic (exact) mass is 309 g/mol. The zero-order chi connectivity index (χ0) is 14.1. The number of nitrogens with zero attached hydrogens (tertiary/aromatic N) is 2. The predicted octanol–water partition coefficient (Wildman–Crippen LogP) is -1.04. The molecule has 20 heavy (non-hydrogen) atoms. The van der Waals surface area contributed by atoms with Gasteiger partial charge in [0.05, 0.1) is 32.9 Å². The van der Waals surface area contributed by atoms with E-state index in [1.165, 1.54) is 4.90 Å². The standard InChI is InChI=1S/C12H23N3O4.ClH/c1-14(11(16)9-13-3-6-18-2)10-12(17)15-4-7-19-8-5-15;/h13H,3-10H2,1-2H3;1H. The Balaban J connectivity index is 0.00000361. The number of nitrogens with one attached hydrogen (secondary N) is 1. The van der Waals surface area contributed by atoms with Crippen LogP contribution in [0, 0.1) is 0 Å². The lowest BCUT2D eigenvalue weighted by atomic mass is 10.3. The number of morpholine rings is 1. The van der Waals surface area contributed by atoms with E-state index in [9.17, 15) is 9.59 Å². The molecule has 2 amide bonds. The average Bonchev–Trinajstić information content (AvgIpc) is 2.44. The van der Waals surface area contributed by atoms with Crippen molar-refractivity contribution in [1.82, 2.24) is 15.1 Å². The van der Waals surface area contributed by atoms with Crippen molar-refractivity contribution in [2.24, 2.45) is 0 Å². The lowest BCUT2D eigenvalue weighted by Crippen LogP contribution is -2.47. The highest BCUT2D eigenvalue weighted by Crippen LogP contribution is 1.98. The van der Waals surface area contributed by atoms with Crippen LogP contribution in [0.25, 0.3) is 0 Å². The molecule has 1 saturated heterocycles. The number of ether oxygens (including phenoxy) is 2. The fraction of sp³-hybridized carbons (Fsp3) is 0.833. The van der Waals surface area contributed by atoms with Crippen LogP contribution in [0.4, 0.5) is 0 Å². The Morgan fingerprint density at radius 2 is 2.00 bits per heavy atom. The van der Waals surface area contributed by atoms with Crippen molar-refractivity contribution in [3.05, 3.63) is 0 Å². The van der Waals surface area contributed by atoms with E-state index >= 15 is 0 Å². The number of carbonyl (C=O) groups is 2. The van der Waals surface area contributed by atoms with Gasteiger partial charge in [-0.15, -0.1) is 12.4 Å². The van der Waals surface area contributed by atoms with E-state index in [4.69, 9.17) is 9.47 Å². The molecule has 0 spiro atoms. The molecule has 0 unspecified atom stereocenters. The summed E-state index contributed by atoms with van der Waals surface area (Å²) < 4.78 is 10.1. The molecule has 118 valence electrons. The molecular weight excluding hydrogens is 286 g/mol. The molecular formula is C12H24ClN3O4. The third kappa shape index (κ3) is 7.04. The van der Waals surface area contributed by atoms with Crippen LogP contribution in [0.1, 0.15) is 0 Å². The van der Waals surface area contributed by atoms with Crippen LogP contribution in [0.5, 0.6) is 0 Å². The fourth-order valence-corrected chi connectivity index (χ4v) is 1.71. The van der Waals surface area contributed by atoms with E-state index in [0.29, 0.717) is 39.5 Å². The predicted molar refractivity (Wildman–Crippen MR) is 77.0 cm³/mol. The molecule has 0 aromatic heterocycles. The molecule has 1 aliphatic rings. The van der Waals surface area contributed by atoms with Crippen molar-refractivity contribution in [2.45, 2.75) is 0 Å². The minimum absolute atomic E-state index is 0. The van der Waals surface area contributed by atoms with Gasteiger partial charge < -0.3 is 24.6 Å². The number of rotatable bonds is 7. The van der Waals surface area contributed by atoms with Gasteiger partial charge in [0.1, 0.15) is 0 Å². The highest BCUT2D eigenvalue weighted by atomic mass is 35.5. The second kappa shape index (κ2) is 10.8. The van der Waals surface area contributed by atoms with Crippen LogP contribution in [0.15, 0.2) is 0 Å². The topological polar surface area (TPSA) is 71.1 Å². The van der Waals surface area contributed by atoms with Gasteiger partial charge in [-0.2, -0.15) is 0 Å². The molecule has 0 atom stereocenters. The van der Waals surface area contributed by atoms with Crippen molar-refractivity contribution in [2.75, 3.05) is 66.7 Å². The Morgan fingerprint density at radius 3 is 2.60 bits per heavy atom. The van der Waals surface area contributed by atoms with Crippen LogP contribution >= 0.6 is 12.4 Å². The number of likely N-dealkylation sites (N-methyl/N-ethyl adjacent to an activating group) is 1. The van der Waals surface area contributed by atoms with Crippen LogP contribution in [0.2, 0.25) is 0 Å². The fourth-order valence-electron chi connectivity index (χ4n) is 1.71. The van der Waals surface area contributed by atoms with Crippen molar-refractivity contribution < 1.29 is 19.1 Å². The van der Waals surface area contributed by atoms with E-state index in [-0.39, 0.29) is 37.3 Å². The summed E-state index contributed by atoms with van der Waals surface area (Å²) in [7, 11) is 3.25. The van der Waals surface area contributed by atoms with Crippen LogP contribution < -0.4 is 5.32 Å². The normalized spacial score (nSPS) is 14.6. The second-order valence-corrected chi connectivity index (χ2v) is 4.41. The van der Waals surface area contributed by atoms with E-state index < -0.39 is 0 Å². The van der Waals surface area contributed by atoms with Gasteiger partial charge in [-0.3, -0.25) is 9.59 Å². The average molecular weight is 310 g/mol. The number of halogens is 1. The van der Waals surface area contributed by atoms with Crippen molar-refractivity contribution in [3.63, 3.8) is 0 Å². The van der Waals surface area contributed by atoms with Gasteiger partial charge >= 0.3 is 0 Å². The van der Waals surface area contributed by atoms with Gasteiger partial charge in [0, 0.05) is 33.8 Å². The first kappa shape index (κ1) is 19.1. The summed E-state index contributed by atoms with van der Waals surface area (Å²) in [5.74, 6) is -0.131. The molecule has 7 nitrogen and oxygen atoms in total. The van der Waals surface area contributed by atoms with E-state index in [0.717, 1.165) is 0 Å². The molecule has 0 aliphatic carbocycles. The first-order valence-electron chi connectivity index (χ1n) is 6.44. The van der Waals surface area contributed by atoms with E-state index in [2.05, 4.69) is 5.32 Å². The maximum Gasteiger partial charge on any atom is 0.242 e. The Bertz CT molecular complexity index is 298. The number of hydrogen-bond acceptors (Lipinski definition) is 5. The molecule has 8 heteroatoms. The van der Waals surface area contributed by atoms with E-state index in [1.54, 1.807) is 19.1 Å². The van der Waals surface area contributed by atoms with Gasteiger partial charge in [-0.25, -0.2) is 0 Å². The molecule has 1 N–H and O–H groups in total. The zero-order valence-corrected chi connectivity index (χ0v) is 12.9. The molecule has 0 aromatic carbocycles. The van der Waals surface area contributed by atoms with Gasteiger partial charge in [0.15, 0.2) is 0 Å². The maximum atomic E-state index is 11.9. The molecule has 0 aromatic rings. The number of hydrogen-bond donors (Lipinski definition) is 1. The molecule has 1 heterocycles. The summed E-state index contributed by atoms with van der Waals surface area (Å²) in [6.45, 7) is 3.86. The summed E-state index contributed by atoms with van der Waals surface area (Å²) in [5, 5.41) is 2.96. The summed E-state index contributed by atoms with van der Waals surface area (Å²) in [6, 6.07) is 0. The minimum atomic E-state index is -0.0993. The summed E-state index contributed by atoms with van der Waals surface area (Å²) in [5.41, 5.74) is 0. The summed E-state index contributed by atoms with van der Waals surface area (Å²) in [6.07, 6.45) is 0. The summed E-state index contributed by atoms with van der Waals surface area (Å²) >= 11 is 0. The molecule has 1 aliphatic heterocycles. The van der Waals surface area contributed by atoms with Crippen molar-refractivity contribution >= 4 is 24.2 Å². The number of amides is 2. The number of methoxy groups -OCH3 is 1. The zero-order valence-electron chi connectivity index (χ0n) is 12.1. The SMILES string of the molecule is COCCNCC(=O)N(C)CC(=O)N1CCOCC1.Cl. The highest BCUT2D eigenvalue weighted by molar-refractivity contribution is 5.85. The lowest BCUT2D eigenvalue weighted by molar-refractivity contribution is -0.141. The van der Waals surface area contributed by atoms with Crippen molar-refractivity contribution in [3.8, 4) is 0 Å². The first-order valence-corrected chi connectivity index (χ1v) is 6.44. The first-order chi connectivity index (χ1) is 9.15. The Kier molecular flexibility index (Phi) is 10.4. The number of carbonyl (C=O) groups excluding carboxylic acids is 2. The smallest absolute Gasteiger partial charge is 0.242 e. The minimum Gasteiger partial charge on any atom is -0.383 e. The van der Waals surface area contributed by atoms with Gasteiger partial charge in [0.25, 0.3) is 0 Å². The molecule has 0 saturated carbocycles. The van der Waals surface area contributed by atoms with Crippen LogP contribution in [0.3, 0.4) is 0 Å². The molecule has 0 radical (unpaired) electrons. The van der Waals surface area contributed by atoms with Gasteiger partial charge in [0.2, 0.25) is 11.8 Å². The summed E-state index contributed by atoms with van der Waals surface area (Å²) in [4.78, 5) is 26.8. The van der Waals surface area contributed by atoms with Crippen molar-refractivity contribution in [1.29, 1.82) is 0 Å². The third-order valence-electron chi connectivity index (χ3n) is 2.92.